The van der Waals surface area contributed by atoms with E-state index < -0.39 is 6.04 Å². The van der Waals surface area contributed by atoms with Gasteiger partial charge in [-0.3, -0.25) is 0 Å². The first-order chi connectivity index (χ1) is 8.47. The maximum absolute atomic E-state index is 11.5. The fourth-order valence-electron chi connectivity index (χ4n) is 1.27. The molecule has 0 aliphatic carbocycles. The maximum Gasteiger partial charge on any atom is 0.328 e. The van der Waals surface area contributed by atoms with Crippen LogP contribution in [0.4, 0.5) is 17.8 Å². The zero-order valence-electron chi connectivity index (χ0n) is 11.0. The van der Waals surface area contributed by atoms with Gasteiger partial charge < -0.3 is 20.7 Å². The van der Waals surface area contributed by atoms with Crippen LogP contribution in [0.3, 0.4) is 0 Å². The van der Waals surface area contributed by atoms with Crippen LogP contribution in [0.5, 0.6) is 0 Å². The number of nitrogens with one attached hydrogen (secondary N) is 1. The van der Waals surface area contributed by atoms with Gasteiger partial charge in [0.05, 0.1) is 7.11 Å². The van der Waals surface area contributed by atoms with Crippen molar-refractivity contribution in [2.24, 2.45) is 0 Å². The molecule has 8 heteroatoms. The molecule has 18 heavy (non-hydrogen) atoms. The molecule has 0 radical (unpaired) electrons. The quantitative estimate of drug-likeness (QED) is 0.701. The Morgan fingerprint density at radius 3 is 2.61 bits per heavy atom. The number of carbonyl (C=O) groups excluding carboxylic acids is 1. The molecule has 0 saturated carbocycles. The van der Waals surface area contributed by atoms with Crippen LogP contribution >= 0.6 is 0 Å². The largest absolute Gasteiger partial charge is 0.467 e. The van der Waals surface area contributed by atoms with Crippen LogP contribution in [0.25, 0.3) is 0 Å². The summed E-state index contributed by atoms with van der Waals surface area (Å²) in [5.41, 5.74) is 5.58. The summed E-state index contributed by atoms with van der Waals surface area (Å²) in [6.45, 7) is 1.85. The predicted molar refractivity (Wildman–Crippen MR) is 68.3 cm³/mol. The van der Waals surface area contributed by atoms with Gasteiger partial charge in [0, 0.05) is 14.1 Å². The third kappa shape index (κ3) is 3.44. The van der Waals surface area contributed by atoms with Crippen LogP contribution in [-0.2, 0) is 9.53 Å². The molecule has 1 unspecified atom stereocenters. The number of nitrogen functional groups attached to an aromatic ring is 1. The Labute approximate surface area is 106 Å². The lowest BCUT2D eigenvalue weighted by atomic mass is 10.2. The van der Waals surface area contributed by atoms with E-state index in [1.807, 2.05) is 6.92 Å². The van der Waals surface area contributed by atoms with Crippen LogP contribution in [0.15, 0.2) is 0 Å². The highest BCUT2D eigenvalue weighted by atomic mass is 16.5. The van der Waals surface area contributed by atoms with Gasteiger partial charge in [0.1, 0.15) is 6.04 Å². The SMILES string of the molecule is CCC(Nc1nc(N)nc(N(C)C)n1)C(=O)OC. The topological polar surface area (TPSA) is 106 Å². The molecule has 1 aromatic heterocycles. The molecule has 0 amide bonds. The Bertz CT molecular complexity index is 423. The number of rotatable bonds is 5. The minimum Gasteiger partial charge on any atom is -0.467 e. The van der Waals surface area contributed by atoms with Crippen LogP contribution in [0.2, 0.25) is 0 Å². The third-order valence-electron chi connectivity index (χ3n) is 2.24. The van der Waals surface area contributed by atoms with E-state index in [1.54, 1.807) is 19.0 Å². The van der Waals surface area contributed by atoms with E-state index in [-0.39, 0.29) is 17.9 Å². The lowest BCUT2D eigenvalue weighted by Crippen LogP contribution is -2.31. The highest BCUT2D eigenvalue weighted by Crippen LogP contribution is 2.11. The van der Waals surface area contributed by atoms with Gasteiger partial charge in [-0.25, -0.2) is 4.79 Å². The normalized spacial score (nSPS) is 11.8. The third-order valence-corrected chi connectivity index (χ3v) is 2.24. The predicted octanol–water partition coefficient (Wildman–Crippen LogP) is -0.117. The molecule has 1 rings (SSSR count). The number of aromatic nitrogens is 3. The summed E-state index contributed by atoms with van der Waals surface area (Å²) in [6.07, 6.45) is 0.551. The van der Waals surface area contributed by atoms with Crippen LogP contribution in [0.1, 0.15) is 13.3 Å². The summed E-state index contributed by atoms with van der Waals surface area (Å²) < 4.78 is 4.67. The van der Waals surface area contributed by atoms with Gasteiger partial charge in [-0.2, -0.15) is 15.0 Å². The van der Waals surface area contributed by atoms with Gasteiger partial charge in [-0.15, -0.1) is 0 Å². The number of carbonyl (C=O) groups is 1. The molecule has 0 fully saturated rings. The highest BCUT2D eigenvalue weighted by Gasteiger charge is 2.18. The summed E-state index contributed by atoms with van der Waals surface area (Å²) >= 11 is 0. The van der Waals surface area contributed by atoms with Crippen molar-refractivity contribution in [1.82, 2.24) is 15.0 Å². The molecule has 100 valence electrons. The molecule has 0 bridgehead atoms. The van der Waals surface area contributed by atoms with Crippen molar-refractivity contribution in [2.75, 3.05) is 37.2 Å². The first kappa shape index (κ1) is 13.9. The van der Waals surface area contributed by atoms with Gasteiger partial charge in [0.15, 0.2) is 0 Å². The van der Waals surface area contributed by atoms with Gasteiger partial charge >= 0.3 is 5.97 Å². The number of ether oxygens (including phenoxy) is 1. The number of esters is 1. The molecule has 3 N–H and O–H groups in total. The Morgan fingerprint density at radius 1 is 1.44 bits per heavy atom. The standard InChI is InChI=1S/C10H18N6O2/c1-5-6(7(17)18-4)12-9-13-8(11)14-10(15-9)16(2)3/h6H,5H2,1-4H3,(H3,11,12,13,14,15). The van der Waals surface area contributed by atoms with E-state index in [1.165, 1.54) is 7.11 Å². The van der Waals surface area contributed by atoms with Crippen molar-refractivity contribution in [3.8, 4) is 0 Å². The molecule has 8 nitrogen and oxygen atoms in total. The molecule has 0 spiro atoms. The molecular weight excluding hydrogens is 236 g/mol. The fraction of sp³-hybridized carbons (Fsp3) is 0.600. The number of hydrogen-bond acceptors (Lipinski definition) is 8. The zero-order chi connectivity index (χ0) is 13.7. The van der Waals surface area contributed by atoms with E-state index >= 15 is 0 Å². The zero-order valence-corrected chi connectivity index (χ0v) is 11.0. The van der Waals surface area contributed by atoms with E-state index in [0.29, 0.717) is 12.4 Å². The molecule has 0 saturated heterocycles. The number of nitrogens with two attached hydrogens (primary N) is 1. The summed E-state index contributed by atoms with van der Waals surface area (Å²) in [6, 6.07) is -0.508. The van der Waals surface area contributed by atoms with Crippen molar-refractivity contribution in [1.29, 1.82) is 0 Å². The van der Waals surface area contributed by atoms with Gasteiger partial charge in [0.25, 0.3) is 0 Å². The summed E-state index contributed by atoms with van der Waals surface area (Å²) in [5, 5.41) is 2.87. The Balaban J connectivity index is 2.92. The molecular formula is C10H18N6O2. The average molecular weight is 254 g/mol. The first-order valence-electron chi connectivity index (χ1n) is 5.51. The first-order valence-corrected chi connectivity index (χ1v) is 5.51. The van der Waals surface area contributed by atoms with E-state index in [9.17, 15) is 4.79 Å². The Morgan fingerprint density at radius 2 is 2.11 bits per heavy atom. The van der Waals surface area contributed by atoms with Crippen molar-refractivity contribution >= 4 is 23.8 Å². The maximum atomic E-state index is 11.5. The van der Waals surface area contributed by atoms with E-state index in [0.717, 1.165) is 0 Å². The number of hydrogen-bond donors (Lipinski definition) is 2. The minimum absolute atomic E-state index is 0.0934. The van der Waals surface area contributed by atoms with Crippen molar-refractivity contribution in [3.63, 3.8) is 0 Å². The van der Waals surface area contributed by atoms with Crippen molar-refractivity contribution < 1.29 is 9.53 Å². The Kier molecular flexibility index (Phi) is 4.64. The monoisotopic (exact) mass is 254 g/mol. The van der Waals surface area contributed by atoms with E-state index in [4.69, 9.17) is 5.73 Å². The smallest absolute Gasteiger partial charge is 0.328 e. The van der Waals surface area contributed by atoms with Gasteiger partial charge in [0.2, 0.25) is 17.8 Å². The van der Waals surface area contributed by atoms with Crippen LogP contribution < -0.4 is 16.0 Å². The second-order valence-corrected chi connectivity index (χ2v) is 3.84. The number of methoxy groups -OCH3 is 1. The lowest BCUT2D eigenvalue weighted by Gasteiger charge is -2.16. The van der Waals surface area contributed by atoms with Crippen LogP contribution in [0, 0.1) is 0 Å². The van der Waals surface area contributed by atoms with E-state index in [2.05, 4.69) is 25.0 Å². The second kappa shape index (κ2) is 5.99. The second-order valence-electron chi connectivity index (χ2n) is 3.84. The molecule has 0 aliphatic rings. The van der Waals surface area contributed by atoms with Crippen molar-refractivity contribution in [3.05, 3.63) is 0 Å². The van der Waals surface area contributed by atoms with Crippen LogP contribution in [-0.4, -0.2) is 48.2 Å². The fourth-order valence-corrected chi connectivity index (χ4v) is 1.27. The summed E-state index contributed by atoms with van der Waals surface area (Å²) in [5.74, 6) is 0.395. The molecule has 1 atom stereocenters. The molecule has 0 aromatic carbocycles. The summed E-state index contributed by atoms with van der Waals surface area (Å²) in [4.78, 5) is 25.2. The highest BCUT2D eigenvalue weighted by molar-refractivity contribution is 5.78. The number of nitrogens with zero attached hydrogens (tertiary/aromatic N) is 4. The number of anilines is 3. The van der Waals surface area contributed by atoms with Crippen molar-refractivity contribution in [2.45, 2.75) is 19.4 Å². The summed E-state index contributed by atoms with van der Waals surface area (Å²) in [7, 11) is 4.91. The minimum atomic E-state index is -0.508. The molecule has 1 aromatic rings. The Hall–Kier alpha value is -2.12. The van der Waals surface area contributed by atoms with Gasteiger partial charge in [-0.05, 0) is 6.42 Å². The average Bonchev–Trinajstić information content (AvgIpc) is 2.34. The van der Waals surface area contributed by atoms with Gasteiger partial charge in [-0.1, -0.05) is 6.92 Å². The molecule has 0 aliphatic heterocycles. The lowest BCUT2D eigenvalue weighted by molar-refractivity contribution is -0.141. The molecule has 1 heterocycles.